The van der Waals surface area contributed by atoms with Gasteiger partial charge in [-0.3, -0.25) is 14.7 Å². The lowest BCUT2D eigenvalue weighted by molar-refractivity contribution is -0.385. The minimum atomic E-state index is -0.483. The maximum atomic E-state index is 10.9. The molecule has 0 aliphatic carbocycles. The van der Waals surface area contributed by atoms with Crippen LogP contribution in [-0.4, -0.2) is 38.9 Å². The lowest BCUT2D eigenvalue weighted by Gasteiger charge is -2.12. The number of nitro groups is 1. The maximum absolute atomic E-state index is 10.9. The van der Waals surface area contributed by atoms with Crippen LogP contribution < -0.4 is 9.47 Å². The molecule has 9 nitrogen and oxygen atoms in total. The van der Waals surface area contributed by atoms with Gasteiger partial charge in [-0.05, 0) is 48.2 Å². The standard InChI is InChI=1S/C21H17N5O4S/c1-29-17-10-8-14(12-18(17)30-2)20-23-24-21(25(20)15-6-4-3-5-7-15)31-19-11-9-16(13-22-19)26(27)28/h3-13H,1-2H3. The zero-order valence-electron chi connectivity index (χ0n) is 16.6. The minimum Gasteiger partial charge on any atom is -0.493 e. The Labute approximate surface area is 181 Å². The van der Waals surface area contributed by atoms with Gasteiger partial charge in [0.25, 0.3) is 5.69 Å². The van der Waals surface area contributed by atoms with E-state index in [0.29, 0.717) is 27.5 Å². The Morgan fingerprint density at radius 2 is 1.74 bits per heavy atom. The smallest absolute Gasteiger partial charge is 0.287 e. The Kier molecular flexibility index (Phi) is 5.80. The maximum Gasteiger partial charge on any atom is 0.287 e. The van der Waals surface area contributed by atoms with E-state index in [1.807, 2.05) is 53.1 Å². The number of benzene rings is 2. The van der Waals surface area contributed by atoms with Gasteiger partial charge in [-0.2, -0.15) is 0 Å². The average Bonchev–Trinajstić information content (AvgIpc) is 3.23. The summed E-state index contributed by atoms with van der Waals surface area (Å²) >= 11 is 1.26. The molecule has 0 atom stereocenters. The summed E-state index contributed by atoms with van der Waals surface area (Å²) in [6.45, 7) is 0. The lowest BCUT2D eigenvalue weighted by Crippen LogP contribution is -2.00. The molecule has 0 saturated heterocycles. The minimum absolute atomic E-state index is 0.0695. The largest absolute Gasteiger partial charge is 0.493 e. The summed E-state index contributed by atoms with van der Waals surface area (Å²) in [5, 5.41) is 20.8. The zero-order chi connectivity index (χ0) is 21.8. The molecule has 0 saturated carbocycles. The summed E-state index contributed by atoms with van der Waals surface area (Å²) in [6.07, 6.45) is 1.22. The number of methoxy groups -OCH3 is 2. The van der Waals surface area contributed by atoms with Crippen molar-refractivity contribution in [1.29, 1.82) is 0 Å². The Bertz CT molecular complexity index is 1210. The van der Waals surface area contributed by atoms with Crippen molar-refractivity contribution in [3.63, 3.8) is 0 Å². The third kappa shape index (κ3) is 4.19. The Morgan fingerprint density at radius 3 is 2.39 bits per heavy atom. The molecule has 0 N–H and O–H groups in total. The molecule has 0 unspecified atom stereocenters. The molecule has 4 aromatic rings. The molecule has 2 aromatic carbocycles. The normalized spacial score (nSPS) is 10.6. The molecule has 0 radical (unpaired) electrons. The molecule has 0 bridgehead atoms. The highest BCUT2D eigenvalue weighted by Crippen LogP contribution is 2.35. The van der Waals surface area contributed by atoms with Crippen LogP contribution in [0.1, 0.15) is 0 Å². The lowest BCUT2D eigenvalue weighted by atomic mass is 10.2. The first-order valence-electron chi connectivity index (χ1n) is 9.12. The monoisotopic (exact) mass is 435 g/mol. The molecular formula is C21H17N5O4S. The molecule has 31 heavy (non-hydrogen) atoms. The average molecular weight is 435 g/mol. The highest BCUT2D eigenvalue weighted by Gasteiger charge is 2.19. The summed E-state index contributed by atoms with van der Waals surface area (Å²) in [7, 11) is 3.15. The van der Waals surface area contributed by atoms with Crippen LogP contribution in [0.2, 0.25) is 0 Å². The van der Waals surface area contributed by atoms with Crippen molar-refractivity contribution >= 4 is 17.4 Å². The van der Waals surface area contributed by atoms with Crippen molar-refractivity contribution in [3.05, 3.63) is 77.0 Å². The zero-order valence-corrected chi connectivity index (χ0v) is 17.4. The molecule has 4 rings (SSSR count). The van der Waals surface area contributed by atoms with E-state index in [9.17, 15) is 10.1 Å². The number of pyridine rings is 1. The topological polar surface area (TPSA) is 105 Å². The van der Waals surface area contributed by atoms with Crippen molar-refractivity contribution in [2.75, 3.05) is 14.2 Å². The first-order chi connectivity index (χ1) is 15.1. The fraction of sp³-hybridized carbons (Fsp3) is 0.0952. The van der Waals surface area contributed by atoms with E-state index < -0.39 is 4.92 Å². The van der Waals surface area contributed by atoms with Crippen LogP contribution in [0.4, 0.5) is 5.69 Å². The molecule has 0 amide bonds. The summed E-state index contributed by atoms with van der Waals surface area (Å²) in [5.74, 6) is 1.80. The molecule has 156 valence electrons. The Hall–Kier alpha value is -3.92. The highest BCUT2D eigenvalue weighted by atomic mass is 32.2. The third-order valence-electron chi connectivity index (χ3n) is 4.42. The van der Waals surface area contributed by atoms with Gasteiger partial charge in [0.2, 0.25) is 5.16 Å². The van der Waals surface area contributed by atoms with Crippen LogP contribution in [0.25, 0.3) is 17.1 Å². The number of ether oxygens (including phenoxy) is 2. The predicted octanol–water partition coefficient (Wildman–Crippen LogP) is 4.41. The van der Waals surface area contributed by atoms with E-state index in [1.54, 1.807) is 20.3 Å². The van der Waals surface area contributed by atoms with Crippen LogP contribution >= 0.6 is 11.8 Å². The van der Waals surface area contributed by atoms with Crippen molar-refractivity contribution in [3.8, 4) is 28.6 Å². The van der Waals surface area contributed by atoms with Crippen molar-refractivity contribution in [2.45, 2.75) is 10.2 Å². The van der Waals surface area contributed by atoms with E-state index in [1.165, 1.54) is 24.0 Å². The summed E-state index contributed by atoms with van der Waals surface area (Å²) in [5.41, 5.74) is 1.58. The molecule has 2 aromatic heterocycles. The molecule has 0 aliphatic rings. The SMILES string of the molecule is COc1ccc(-c2nnc(Sc3ccc([N+](=O)[O-])cn3)n2-c2ccccc2)cc1OC. The Morgan fingerprint density at radius 1 is 0.968 bits per heavy atom. The van der Waals surface area contributed by atoms with Gasteiger partial charge >= 0.3 is 0 Å². The van der Waals surface area contributed by atoms with E-state index in [-0.39, 0.29) is 5.69 Å². The van der Waals surface area contributed by atoms with Crippen molar-refractivity contribution in [2.24, 2.45) is 0 Å². The number of para-hydroxylation sites is 1. The van der Waals surface area contributed by atoms with Gasteiger partial charge in [0.1, 0.15) is 11.2 Å². The third-order valence-corrected chi connectivity index (χ3v) is 5.31. The highest BCUT2D eigenvalue weighted by molar-refractivity contribution is 7.99. The fourth-order valence-electron chi connectivity index (χ4n) is 2.94. The van der Waals surface area contributed by atoms with E-state index in [2.05, 4.69) is 15.2 Å². The van der Waals surface area contributed by atoms with Gasteiger partial charge in [0.05, 0.1) is 19.1 Å². The molecule has 10 heteroatoms. The van der Waals surface area contributed by atoms with Crippen LogP contribution in [-0.2, 0) is 0 Å². The van der Waals surface area contributed by atoms with Gasteiger partial charge < -0.3 is 9.47 Å². The van der Waals surface area contributed by atoms with Crippen LogP contribution in [0.3, 0.4) is 0 Å². The quantitative estimate of drug-likeness (QED) is 0.311. The molecule has 0 fully saturated rings. The Balaban J connectivity index is 1.79. The van der Waals surface area contributed by atoms with Gasteiger partial charge in [-0.15, -0.1) is 10.2 Å². The number of hydrogen-bond acceptors (Lipinski definition) is 8. The van der Waals surface area contributed by atoms with Crippen LogP contribution in [0.15, 0.2) is 77.0 Å². The molecular weight excluding hydrogens is 418 g/mol. The second-order valence-electron chi connectivity index (χ2n) is 6.26. The van der Waals surface area contributed by atoms with Gasteiger partial charge in [0, 0.05) is 17.3 Å². The van der Waals surface area contributed by atoms with Crippen LogP contribution in [0, 0.1) is 10.1 Å². The fourth-order valence-corrected chi connectivity index (χ4v) is 3.74. The number of rotatable bonds is 7. The summed E-state index contributed by atoms with van der Waals surface area (Å²) in [4.78, 5) is 14.6. The second-order valence-corrected chi connectivity index (χ2v) is 7.25. The first-order valence-corrected chi connectivity index (χ1v) is 9.94. The van der Waals surface area contributed by atoms with Gasteiger partial charge in [-0.1, -0.05) is 18.2 Å². The summed E-state index contributed by atoms with van der Waals surface area (Å²) in [6, 6.07) is 18.2. The predicted molar refractivity (Wildman–Crippen MR) is 115 cm³/mol. The first kappa shape index (κ1) is 20.4. The van der Waals surface area contributed by atoms with Crippen molar-refractivity contribution in [1.82, 2.24) is 19.7 Å². The van der Waals surface area contributed by atoms with E-state index in [4.69, 9.17) is 9.47 Å². The molecule has 0 spiro atoms. The molecule has 2 heterocycles. The number of hydrogen-bond donors (Lipinski definition) is 0. The number of nitrogens with zero attached hydrogens (tertiary/aromatic N) is 5. The van der Waals surface area contributed by atoms with Gasteiger partial charge in [-0.25, -0.2) is 4.98 Å². The molecule has 0 aliphatic heterocycles. The summed E-state index contributed by atoms with van der Waals surface area (Å²) < 4.78 is 12.6. The van der Waals surface area contributed by atoms with Crippen LogP contribution in [0.5, 0.6) is 11.5 Å². The number of aromatic nitrogens is 4. The second kappa shape index (κ2) is 8.84. The van der Waals surface area contributed by atoms with Crippen molar-refractivity contribution < 1.29 is 14.4 Å². The van der Waals surface area contributed by atoms with E-state index in [0.717, 1.165) is 11.3 Å². The van der Waals surface area contributed by atoms with Gasteiger partial charge in [0.15, 0.2) is 17.3 Å². The van der Waals surface area contributed by atoms with E-state index >= 15 is 0 Å².